The Hall–Kier alpha value is -2.50. The molecule has 1 aliphatic rings. The lowest BCUT2D eigenvalue weighted by molar-refractivity contribution is -0.120. The quantitative estimate of drug-likeness (QED) is 0.841. The van der Waals surface area contributed by atoms with Gasteiger partial charge in [-0.2, -0.15) is 4.98 Å². The van der Waals surface area contributed by atoms with Gasteiger partial charge in [0.25, 0.3) is 11.9 Å². The molecule has 0 atom stereocenters. The van der Waals surface area contributed by atoms with Gasteiger partial charge in [0, 0.05) is 12.6 Å². The molecule has 1 aliphatic heterocycles. The van der Waals surface area contributed by atoms with Crippen LogP contribution in [-0.2, 0) is 4.79 Å². The zero-order chi connectivity index (χ0) is 13.6. The van der Waals surface area contributed by atoms with Crippen molar-refractivity contribution in [1.82, 2.24) is 4.98 Å². The summed E-state index contributed by atoms with van der Waals surface area (Å²) in [6.07, 6.45) is 0. The molecule has 6 nitrogen and oxygen atoms in total. The van der Waals surface area contributed by atoms with Crippen LogP contribution in [0.5, 0.6) is 5.75 Å². The van der Waals surface area contributed by atoms with Gasteiger partial charge in [-0.15, -0.1) is 0 Å². The molecule has 0 spiro atoms. The van der Waals surface area contributed by atoms with Gasteiger partial charge in [0.1, 0.15) is 17.2 Å². The van der Waals surface area contributed by atoms with Crippen molar-refractivity contribution in [3.8, 4) is 17.0 Å². The van der Waals surface area contributed by atoms with Crippen LogP contribution in [0, 0.1) is 6.92 Å². The van der Waals surface area contributed by atoms with Crippen LogP contribution in [0.4, 0.5) is 11.7 Å². The molecule has 3 rings (SSSR count). The van der Waals surface area contributed by atoms with E-state index in [1.807, 2.05) is 18.2 Å². The van der Waals surface area contributed by atoms with Gasteiger partial charge in [-0.3, -0.25) is 4.79 Å². The summed E-state index contributed by atoms with van der Waals surface area (Å²) in [6.45, 7) is 1.86. The van der Waals surface area contributed by atoms with Crippen molar-refractivity contribution in [2.45, 2.75) is 6.92 Å². The highest BCUT2D eigenvalue weighted by Crippen LogP contribution is 2.36. The number of anilines is 2. The number of likely N-dealkylation sites (N-methyl/N-ethyl adjacent to an activating group) is 1. The third kappa shape index (κ3) is 1.81. The zero-order valence-corrected chi connectivity index (χ0v) is 10.6. The Kier molecular flexibility index (Phi) is 2.45. The SMILES string of the molecule is Cc1oc(N)nc1-c1ccc2c(c1)N(C)C(=O)CO2. The molecule has 0 aliphatic carbocycles. The highest BCUT2D eigenvalue weighted by molar-refractivity contribution is 5.98. The average molecular weight is 259 g/mol. The van der Waals surface area contributed by atoms with Crippen molar-refractivity contribution in [2.75, 3.05) is 24.3 Å². The molecule has 1 aromatic heterocycles. The third-order valence-electron chi connectivity index (χ3n) is 3.13. The number of benzene rings is 1. The molecule has 0 radical (unpaired) electrons. The van der Waals surface area contributed by atoms with Crippen LogP contribution in [0.2, 0.25) is 0 Å². The molecule has 0 saturated heterocycles. The Morgan fingerprint density at radius 3 is 2.89 bits per heavy atom. The first kappa shape index (κ1) is 11.6. The molecular formula is C13H13N3O3. The minimum Gasteiger partial charge on any atom is -0.482 e. The molecule has 2 heterocycles. The summed E-state index contributed by atoms with van der Waals surface area (Å²) in [7, 11) is 1.72. The lowest BCUT2D eigenvalue weighted by Crippen LogP contribution is -2.35. The molecule has 0 saturated carbocycles. The normalized spacial score (nSPS) is 14.2. The molecule has 2 N–H and O–H groups in total. The molecule has 2 aromatic rings. The number of amides is 1. The largest absolute Gasteiger partial charge is 0.482 e. The number of nitrogens with two attached hydrogens (primary N) is 1. The zero-order valence-electron chi connectivity index (χ0n) is 10.6. The van der Waals surface area contributed by atoms with E-state index in [9.17, 15) is 4.79 Å². The van der Waals surface area contributed by atoms with Crippen molar-refractivity contribution in [2.24, 2.45) is 0 Å². The van der Waals surface area contributed by atoms with Crippen molar-refractivity contribution in [1.29, 1.82) is 0 Å². The van der Waals surface area contributed by atoms with Crippen LogP contribution >= 0.6 is 0 Å². The van der Waals surface area contributed by atoms with E-state index in [2.05, 4.69) is 4.98 Å². The first-order valence-corrected chi connectivity index (χ1v) is 5.83. The highest BCUT2D eigenvalue weighted by Gasteiger charge is 2.23. The van der Waals surface area contributed by atoms with Gasteiger partial charge in [-0.1, -0.05) is 0 Å². The minimum absolute atomic E-state index is 0.0682. The number of carbonyl (C=O) groups is 1. The monoisotopic (exact) mass is 259 g/mol. The van der Waals surface area contributed by atoms with E-state index in [-0.39, 0.29) is 18.5 Å². The maximum Gasteiger partial charge on any atom is 0.292 e. The third-order valence-corrected chi connectivity index (χ3v) is 3.13. The first-order chi connectivity index (χ1) is 9.06. The van der Waals surface area contributed by atoms with Crippen LogP contribution in [0.15, 0.2) is 22.6 Å². The summed E-state index contributed by atoms with van der Waals surface area (Å²) in [6, 6.07) is 5.66. The van der Waals surface area contributed by atoms with Crippen molar-refractivity contribution < 1.29 is 13.9 Å². The number of nitrogens with zero attached hydrogens (tertiary/aromatic N) is 2. The number of carbonyl (C=O) groups excluding carboxylic acids is 1. The Bertz CT molecular complexity index is 663. The van der Waals surface area contributed by atoms with Crippen LogP contribution in [-0.4, -0.2) is 24.5 Å². The second-order valence-corrected chi connectivity index (χ2v) is 4.38. The van der Waals surface area contributed by atoms with Crippen LogP contribution in [0.3, 0.4) is 0 Å². The maximum atomic E-state index is 11.6. The summed E-state index contributed by atoms with van der Waals surface area (Å²) >= 11 is 0. The number of aromatic nitrogens is 1. The molecule has 0 fully saturated rings. The Morgan fingerprint density at radius 1 is 1.42 bits per heavy atom. The molecule has 1 aromatic carbocycles. The van der Waals surface area contributed by atoms with E-state index < -0.39 is 0 Å². The fourth-order valence-electron chi connectivity index (χ4n) is 2.10. The fourth-order valence-corrected chi connectivity index (χ4v) is 2.10. The Morgan fingerprint density at radius 2 is 2.21 bits per heavy atom. The molecule has 1 amide bonds. The van der Waals surface area contributed by atoms with E-state index in [0.29, 0.717) is 17.2 Å². The van der Waals surface area contributed by atoms with E-state index in [1.54, 1.807) is 18.9 Å². The summed E-state index contributed by atoms with van der Waals surface area (Å²) in [4.78, 5) is 17.3. The second-order valence-electron chi connectivity index (χ2n) is 4.38. The average Bonchev–Trinajstić information content (AvgIpc) is 2.73. The van der Waals surface area contributed by atoms with Crippen molar-refractivity contribution >= 4 is 17.6 Å². The van der Waals surface area contributed by atoms with Gasteiger partial charge in [0.2, 0.25) is 0 Å². The summed E-state index contributed by atoms with van der Waals surface area (Å²) in [5.74, 6) is 1.24. The first-order valence-electron chi connectivity index (χ1n) is 5.83. The van der Waals surface area contributed by atoms with Gasteiger partial charge in [-0.25, -0.2) is 0 Å². The van der Waals surface area contributed by atoms with E-state index in [0.717, 1.165) is 11.3 Å². The molecule has 0 unspecified atom stereocenters. The summed E-state index contributed by atoms with van der Waals surface area (Å²) < 4.78 is 10.6. The predicted octanol–water partition coefficient (Wildman–Crippen LogP) is 1.59. The van der Waals surface area contributed by atoms with Crippen molar-refractivity contribution in [3.63, 3.8) is 0 Å². The number of hydrogen-bond acceptors (Lipinski definition) is 5. The molecule has 98 valence electrons. The predicted molar refractivity (Wildman–Crippen MR) is 70.0 cm³/mol. The number of rotatable bonds is 1. The standard InChI is InChI=1S/C13H13N3O3/c1-7-12(15-13(14)19-7)8-3-4-10-9(5-8)16(2)11(17)6-18-10/h3-5H,6H2,1-2H3,(H2,14,15). The summed E-state index contributed by atoms with van der Waals surface area (Å²) in [5, 5.41) is 0. The lowest BCUT2D eigenvalue weighted by atomic mass is 10.1. The van der Waals surface area contributed by atoms with E-state index >= 15 is 0 Å². The van der Waals surface area contributed by atoms with Crippen LogP contribution in [0.25, 0.3) is 11.3 Å². The van der Waals surface area contributed by atoms with Gasteiger partial charge in [0.15, 0.2) is 6.61 Å². The molecule has 0 bridgehead atoms. The Balaban J connectivity index is 2.11. The van der Waals surface area contributed by atoms with Crippen LogP contribution < -0.4 is 15.4 Å². The summed E-state index contributed by atoms with van der Waals surface area (Å²) in [5.41, 5.74) is 7.76. The number of ether oxygens (including phenoxy) is 1. The topological polar surface area (TPSA) is 81.6 Å². The number of fused-ring (bicyclic) bond motifs is 1. The minimum atomic E-state index is -0.0824. The molecule has 6 heteroatoms. The second kappa shape index (κ2) is 4.01. The smallest absolute Gasteiger partial charge is 0.292 e. The van der Waals surface area contributed by atoms with Gasteiger partial charge in [-0.05, 0) is 25.1 Å². The van der Waals surface area contributed by atoms with E-state index in [1.165, 1.54) is 0 Å². The lowest BCUT2D eigenvalue weighted by Gasteiger charge is -2.26. The van der Waals surface area contributed by atoms with Crippen LogP contribution in [0.1, 0.15) is 5.76 Å². The van der Waals surface area contributed by atoms with Gasteiger partial charge >= 0.3 is 0 Å². The van der Waals surface area contributed by atoms with Gasteiger partial charge < -0.3 is 19.8 Å². The Labute approximate surface area is 109 Å². The van der Waals surface area contributed by atoms with E-state index in [4.69, 9.17) is 14.9 Å². The molecular weight excluding hydrogens is 246 g/mol. The number of oxazole rings is 1. The molecule has 19 heavy (non-hydrogen) atoms. The number of aryl methyl sites for hydroxylation is 1. The van der Waals surface area contributed by atoms with Crippen molar-refractivity contribution in [3.05, 3.63) is 24.0 Å². The number of nitrogen functional groups attached to an aromatic ring is 1. The van der Waals surface area contributed by atoms with Gasteiger partial charge in [0.05, 0.1) is 5.69 Å². The number of hydrogen-bond donors (Lipinski definition) is 1. The fraction of sp³-hybridized carbons (Fsp3) is 0.231. The highest BCUT2D eigenvalue weighted by atomic mass is 16.5. The maximum absolute atomic E-state index is 11.6.